The first-order chi connectivity index (χ1) is 11.0. The molecule has 0 bridgehead atoms. The largest absolute Gasteiger partial charge is 0.497 e. The van der Waals surface area contributed by atoms with Crippen LogP contribution in [-0.4, -0.2) is 27.2 Å². The minimum absolute atomic E-state index is 0.321. The average Bonchev–Trinajstić information content (AvgIpc) is 2.56. The van der Waals surface area contributed by atoms with E-state index in [0.717, 1.165) is 0 Å². The number of nitrogens with one attached hydrogen (secondary N) is 1. The molecule has 0 radical (unpaired) electrons. The molecule has 1 amide bonds. The number of benzene rings is 2. The van der Waals surface area contributed by atoms with Crippen LogP contribution >= 0.6 is 27.5 Å². The van der Waals surface area contributed by atoms with E-state index in [9.17, 15) is 4.79 Å². The number of carbonyl (C=O) groups excluding carboxylic acids is 1. The molecular formula is C16H15BrClNO4. The second-order valence-corrected chi connectivity index (χ2v) is 5.75. The predicted molar refractivity (Wildman–Crippen MR) is 93.2 cm³/mol. The van der Waals surface area contributed by atoms with Crippen molar-refractivity contribution in [1.29, 1.82) is 0 Å². The Morgan fingerprint density at radius 2 is 1.74 bits per heavy atom. The molecule has 122 valence electrons. The van der Waals surface area contributed by atoms with Gasteiger partial charge in [0.15, 0.2) is 0 Å². The van der Waals surface area contributed by atoms with Crippen molar-refractivity contribution in [3.8, 4) is 17.2 Å². The van der Waals surface area contributed by atoms with Crippen molar-refractivity contribution in [3.63, 3.8) is 0 Å². The van der Waals surface area contributed by atoms with Crippen molar-refractivity contribution in [2.24, 2.45) is 0 Å². The van der Waals surface area contributed by atoms with Crippen LogP contribution in [0.1, 0.15) is 10.4 Å². The Bertz CT molecular complexity index is 736. The first-order valence-electron chi connectivity index (χ1n) is 6.56. The maximum Gasteiger partial charge on any atom is 0.257 e. The molecule has 2 rings (SSSR count). The number of carbonyl (C=O) groups is 1. The summed E-state index contributed by atoms with van der Waals surface area (Å²) in [7, 11) is 4.53. The van der Waals surface area contributed by atoms with Crippen molar-refractivity contribution in [2.75, 3.05) is 26.6 Å². The Kier molecular flexibility index (Phi) is 5.74. The normalized spacial score (nSPS) is 10.1. The number of ether oxygens (including phenoxy) is 3. The molecule has 0 atom stereocenters. The molecule has 1 N–H and O–H groups in total. The van der Waals surface area contributed by atoms with E-state index in [-0.39, 0.29) is 5.91 Å². The standard InChI is InChI=1S/C16H15BrClNO4/c1-21-9-4-5-11(17)10(6-9)16(20)19-13-8-14(22-2)12(18)7-15(13)23-3/h4-8H,1-3H3,(H,19,20). The van der Waals surface area contributed by atoms with E-state index >= 15 is 0 Å². The van der Waals surface area contributed by atoms with Crippen LogP contribution in [0.25, 0.3) is 0 Å². The SMILES string of the molecule is COc1ccc(Br)c(C(=O)Nc2cc(OC)c(Cl)cc2OC)c1. The molecule has 0 heterocycles. The summed E-state index contributed by atoms with van der Waals surface area (Å²) >= 11 is 9.41. The summed E-state index contributed by atoms with van der Waals surface area (Å²) in [5.74, 6) is 1.13. The Hall–Kier alpha value is -1.92. The number of hydrogen-bond donors (Lipinski definition) is 1. The number of halogens is 2. The minimum atomic E-state index is -0.321. The summed E-state index contributed by atoms with van der Waals surface area (Å²) in [4.78, 5) is 12.5. The summed E-state index contributed by atoms with van der Waals surface area (Å²) in [6.07, 6.45) is 0. The molecule has 7 heteroatoms. The van der Waals surface area contributed by atoms with Gasteiger partial charge in [-0.1, -0.05) is 11.6 Å². The van der Waals surface area contributed by atoms with Crippen molar-refractivity contribution in [3.05, 3.63) is 45.4 Å². The molecule has 0 aliphatic rings. The van der Waals surface area contributed by atoms with Crippen LogP contribution in [0.5, 0.6) is 17.2 Å². The molecule has 0 aromatic heterocycles. The third kappa shape index (κ3) is 3.89. The van der Waals surface area contributed by atoms with Gasteiger partial charge in [0.05, 0.1) is 37.6 Å². The van der Waals surface area contributed by atoms with Gasteiger partial charge in [-0.15, -0.1) is 0 Å². The van der Waals surface area contributed by atoms with E-state index in [2.05, 4.69) is 21.2 Å². The van der Waals surface area contributed by atoms with Crippen LogP contribution < -0.4 is 19.5 Å². The Labute approximate surface area is 147 Å². The second-order valence-electron chi connectivity index (χ2n) is 4.49. The molecule has 0 aliphatic carbocycles. The lowest BCUT2D eigenvalue weighted by Crippen LogP contribution is -2.13. The molecule has 2 aromatic rings. The molecule has 0 aliphatic heterocycles. The zero-order valence-corrected chi connectivity index (χ0v) is 15.1. The van der Waals surface area contributed by atoms with E-state index in [1.54, 1.807) is 30.3 Å². The van der Waals surface area contributed by atoms with Gasteiger partial charge in [-0.3, -0.25) is 4.79 Å². The fraction of sp³-hybridized carbons (Fsp3) is 0.188. The fourth-order valence-electron chi connectivity index (χ4n) is 1.95. The molecule has 5 nitrogen and oxygen atoms in total. The summed E-state index contributed by atoms with van der Waals surface area (Å²) in [6.45, 7) is 0. The van der Waals surface area contributed by atoms with E-state index in [0.29, 0.717) is 38.0 Å². The minimum Gasteiger partial charge on any atom is -0.497 e. The lowest BCUT2D eigenvalue weighted by Gasteiger charge is -2.14. The van der Waals surface area contributed by atoms with Crippen molar-refractivity contribution >= 4 is 39.1 Å². The van der Waals surface area contributed by atoms with Crippen LogP contribution in [0, 0.1) is 0 Å². The van der Waals surface area contributed by atoms with Gasteiger partial charge in [0, 0.05) is 16.6 Å². The summed E-state index contributed by atoms with van der Waals surface area (Å²) < 4.78 is 16.2. The first-order valence-corrected chi connectivity index (χ1v) is 7.73. The Morgan fingerprint density at radius 1 is 1.04 bits per heavy atom. The highest BCUT2D eigenvalue weighted by Crippen LogP contribution is 2.36. The second kappa shape index (κ2) is 7.57. The highest BCUT2D eigenvalue weighted by Gasteiger charge is 2.16. The van der Waals surface area contributed by atoms with Crippen LogP contribution in [0.3, 0.4) is 0 Å². The molecule has 0 unspecified atom stereocenters. The maximum atomic E-state index is 12.5. The summed E-state index contributed by atoms with van der Waals surface area (Å²) in [6, 6.07) is 8.32. The van der Waals surface area contributed by atoms with E-state index in [1.807, 2.05) is 0 Å². The Morgan fingerprint density at radius 3 is 2.35 bits per heavy atom. The lowest BCUT2D eigenvalue weighted by molar-refractivity contribution is 0.102. The third-order valence-corrected chi connectivity index (χ3v) is 4.13. The molecule has 0 spiro atoms. The zero-order valence-electron chi connectivity index (χ0n) is 12.8. The molecule has 0 saturated heterocycles. The Balaban J connectivity index is 2.37. The van der Waals surface area contributed by atoms with Gasteiger partial charge in [0.2, 0.25) is 0 Å². The van der Waals surface area contributed by atoms with Crippen LogP contribution in [0.15, 0.2) is 34.8 Å². The average molecular weight is 401 g/mol. The van der Waals surface area contributed by atoms with E-state index in [4.69, 9.17) is 25.8 Å². The molecular weight excluding hydrogens is 386 g/mol. The number of methoxy groups -OCH3 is 3. The number of hydrogen-bond acceptors (Lipinski definition) is 4. The van der Waals surface area contributed by atoms with E-state index in [1.165, 1.54) is 21.3 Å². The van der Waals surface area contributed by atoms with Gasteiger partial charge >= 0.3 is 0 Å². The van der Waals surface area contributed by atoms with Gasteiger partial charge in [0.25, 0.3) is 5.91 Å². The van der Waals surface area contributed by atoms with Gasteiger partial charge in [-0.2, -0.15) is 0 Å². The fourth-order valence-corrected chi connectivity index (χ4v) is 2.61. The smallest absolute Gasteiger partial charge is 0.257 e. The highest BCUT2D eigenvalue weighted by molar-refractivity contribution is 9.10. The number of anilines is 1. The topological polar surface area (TPSA) is 56.8 Å². The number of rotatable bonds is 5. The first kappa shape index (κ1) is 17.4. The van der Waals surface area contributed by atoms with Gasteiger partial charge in [-0.05, 0) is 34.1 Å². The quantitative estimate of drug-likeness (QED) is 0.809. The number of amides is 1. The lowest BCUT2D eigenvalue weighted by atomic mass is 10.2. The van der Waals surface area contributed by atoms with Gasteiger partial charge in [0.1, 0.15) is 17.2 Å². The van der Waals surface area contributed by atoms with Crippen LogP contribution in [0.2, 0.25) is 5.02 Å². The zero-order chi connectivity index (χ0) is 17.0. The van der Waals surface area contributed by atoms with Crippen LogP contribution in [0.4, 0.5) is 5.69 Å². The van der Waals surface area contributed by atoms with Gasteiger partial charge < -0.3 is 19.5 Å². The van der Waals surface area contributed by atoms with Gasteiger partial charge in [-0.25, -0.2) is 0 Å². The van der Waals surface area contributed by atoms with Crippen molar-refractivity contribution in [1.82, 2.24) is 0 Å². The molecule has 2 aromatic carbocycles. The maximum absolute atomic E-state index is 12.5. The van der Waals surface area contributed by atoms with E-state index < -0.39 is 0 Å². The third-order valence-electron chi connectivity index (χ3n) is 3.14. The van der Waals surface area contributed by atoms with Crippen molar-refractivity contribution < 1.29 is 19.0 Å². The van der Waals surface area contributed by atoms with Crippen LogP contribution in [-0.2, 0) is 0 Å². The predicted octanol–water partition coefficient (Wildman–Crippen LogP) is 4.38. The highest BCUT2D eigenvalue weighted by atomic mass is 79.9. The molecule has 23 heavy (non-hydrogen) atoms. The van der Waals surface area contributed by atoms with Crippen molar-refractivity contribution in [2.45, 2.75) is 0 Å². The molecule has 0 saturated carbocycles. The molecule has 0 fully saturated rings. The summed E-state index contributed by atoms with van der Waals surface area (Å²) in [5.41, 5.74) is 0.883. The monoisotopic (exact) mass is 399 g/mol. The summed E-state index contributed by atoms with van der Waals surface area (Å²) in [5, 5.41) is 3.18.